The Bertz CT molecular complexity index is 1140. The Labute approximate surface area is 162 Å². The van der Waals surface area contributed by atoms with Crippen LogP contribution in [0.3, 0.4) is 0 Å². The third kappa shape index (κ3) is 3.19. The van der Waals surface area contributed by atoms with Crippen molar-refractivity contribution in [1.29, 1.82) is 0 Å². The van der Waals surface area contributed by atoms with Gasteiger partial charge in [-0.05, 0) is 54.8 Å². The summed E-state index contributed by atoms with van der Waals surface area (Å²) < 4.78 is 3.11. The Balaban J connectivity index is 1.47. The molecule has 4 rings (SSSR count). The van der Waals surface area contributed by atoms with Gasteiger partial charge >= 0.3 is 5.69 Å². The predicted molar refractivity (Wildman–Crippen MR) is 108 cm³/mol. The maximum Gasteiger partial charge on any atom is 0.328 e. The first kappa shape index (κ1) is 18.0. The number of carbonyl (C=O) groups is 2. The maximum atomic E-state index is 12.5. The van der Waals surface area contributed by atoms with Gasteiger partial charge in [0.1, 0.15) is 0 Å². The zero-order valence-electron chi connectivity index (χ0n) is 16.0. The molecule has 2 aromatic carbocycles. The standard InChI is InChI=1S/C21H22N4O3/c1-12-10-16(12)20(27)22-14-6-4-13(5-7-14)19(26)23-15-8-9-17-18(11-15)25(3)21(28)24(17)2/h4-9,11-12,16H,10H2,1-3H3,(H,22,27)(H,23,26)/t12-,16-/m1/s1. The lowest BCUT2D eigenvalue weighted by Gasteiger charge is -2.08. The van der Waals surface area contributed by atoms with Crippen molar-refractivity contribution >= 4 is 34.2 Å². The highest BCUT2D eigenvalue weighted by atomic mass is 16.2. The van der Waals surface area contributed by atoms with Crippen LogP contribution < -0.4 is 16.3 Å². The summed E-state index contributed by atoms with van der Waals surface area (Å²) in [5.74, 6) is 0.332. The monoisotopic (exact) mass is 378 g/mol. The van der Waals surface area contributed by atoms with Crippen LogP contribution in [0.4, 0.5) is 11.4 Å². The molecule has 1 fully saturated rings. The first-order chi connectivity index (χ1) is 13.3. The predicted octanol–water partition coefficient (Wildman–Crippen LogP) is 2.72. The molecule has 1 saturated carbocycles. The zero-order chi connectivity index (χ0) is 20.0. The van der Waals surface area contributed by atoms with Gasteiger partial charge in [-0.15, -0.1) is 0 Å². The van der Waals surface area contributed by atoms with Gasteiger partial charge in [-0.25, -0.2) is 4.79 Å². The number of anilines is 2. The Kier molecular flexibility index (Phi) is 4.30. The highest BCUT2D eigenvalue weighted by Gasteiger charge is 2.39. The Hall–Kier alpha value is -3.35. The van der Waals surface area contributed by atoms with Crippen molar-refractivity contribution in [2.45, 2.75) is 13.3 Å². The lowest BCUT2D eigenvalue weighted by atomic mass is 10.1. The van der Waals surface area contributed by atoms with Crippen LogP contribution in [0, 0.1) is 11.8 Å². The first-order valence-electron chi connectivity index (χ1n) is 9.23. The van der Waals surface area contributed by atoms with Gasteiger partial charge < -0.3 is 10.6 Å². The average molecular weight is 378 g/mol. The molecule has 144 valence electrons. The molecule has 2 atom stereocenters. The van der Waals surface area contributed by atoms with E-state index in [2.05, 4.69) is 17.6 Å². The van der Waals surface area contributed by atoms with E-state index < -0.39 is 0 Å². The smallest absolute Gasteiger partial charge is 0.326 e. The number of nitrogens with zero attached hydrogens (tertiary/aromatic N) is 2. The molecule has 28 heavy (non-hydrogen) atoms. The van der Waals surface area contributed by atoms with Crippen LogP contribution in [0.2, 0.25) is 0 Å². The summed E-state index contributed by atoms with van der Waals surface area (Å²) in [5, 5.41) is 5.73. The highest BCUT2D eigenvalue weighted by Crippen LogP contribution is 2.38. The van der Waals surface area contributed by atoms with Gasteiger partial charge in [0.2, 0.25) is 5.91 Å². The second-order valence-corrected chi connectivity index (χ2v) is 7.44. The van der Waals surface area contributed by atoms with E-state index in [0.29, 0.717) is 22.9 Å². The average Bonchev–Trinajstić information content (AvgIpc) is 3.39. The topological polar surface area (TPSA) is 85.1 Å². The van der Waals surface area contributed by atoms with Crippen molar-refractivity contribution in [3.63, 3.8) is 0 Å². The Morgan fingerprint density at radius 2 is 1.54 bits per heavy atom. The van der Waals surface area contributed by atoms with Crippen molar-refractivity contribution < 1.29 is 9.59 Å². The molecular formula is C21H22N4O3. The highest BCUT2D eigenvalue weighted by molar-refractivity contribution is 6.05. The molecule has 7 heteroatoms. The number of hydrogen-bond donors (Lipinski definition) is 2. The van der Waals surface area contributed by atoms with Crippen LogP contribution in [0.15, 0.2) is 47.3 Å². The van der Waals surface area contributed by atoms with Crippen LogP contribution in [-0.4, -0.2) is 20.9 Å². The molecule has 0 bridgehead atoms. The minimum atomic E-state index is -0.256. The molecule has 2 N–H and O–H groups in total. The number of hydrogen-bond acceptors (Lipinski definition) is 3. The fraction of sp³-hybridized carbons (Fsp3) is 0.286. The first-order valence-corrected chi connectivity index (χ1v) is 9.23. The van der Waals surface area contributed by atoms with Crippen LogP contribution in [-0.2, 0) is 18.9 Å². The Morgan fingerprint density at radius 1 is 0.929 bits per heavy atom. The molecule has 1 heterocycles. The lowest BCUT2D eigenvalue weighted by molar-refractivity contribution is -0.117. The minimum absolute atomic E-state index is 0.0338. The van der Waals surface area contributed by atoms with E-state index in [1.807, 2.05) is 6.07 Å². The molecule has 7 nitrogen and oxygen atoms in total. The molecule has 1 aromatic heterocycles. The van der Waals surface area contributed by atoms with Gasteiger partial charge in [0.25, 0.3) is 5.91 Å². The minimum Gasteiger partial charge on any atom is -0.326 e. The molecule has 0 unspecified atom stereocenters. The number of amides is 2. The number of aromatic nitrogens is 2. The fourth-order valence-electron chi connectivity index (χ4n) is 3.42. The van der Waals surface area contributed by atoms with Gasteiger partial charge in [0.15, 0.2) is 0 Å². The number of fused-ring (bicyclic) bond motifs is 1. The van der Waals surface area contributed by atoms with E-state index in [1.165, 1.54) is 0 Å². The molecule has 0 spiro atoms. The number of benzene rings is 2. The Morgan fingerprint density at radius 3 is 2.18 bits per heavy atom. The summed E-state index contributed by atoms with van der Waals surface area (Å²) in [6.07, 6.45) is 0.934. The quantitative estimate of drug-likeness (QED) is 0.732. The van der Waals surface area contributed by atoms with Crippen LogP contribution in [0.5, 0.6) is 0 Å². The van der Waals surface area contributed by atoms with Crippen LogP contribution >= 0.6 is 0 Å². The molecule has 0 aliphatic heterocycles. The van der Waals surface area contributed by atoms with Crippen LogP contribution in [0.1, 0.15) is 23.7 Å². The van der Waals surface area contributed by atoms with Gasteiger partial charge in [-0.3, -0.25) is 18.7 Å². The molecule has 1 aliphatic carbocycles. The molecule has 1 aliphatic rings. The van der Waals surface area contributed by atoms with E-state index in [-0.39, 0.29) is 23.4 Å². The van der Waals surface area contributed by atoms with Crippen molar-refractivity contribution in [2.75, 3.05) is 10.6 Å². The largest absolute Gasteiger partial charge is 0.328 e. The van der Waals surface area contributed by atoms with E-state index in [9.17, 15) is 14.4 Å². The van der Waals surface area contributed by atoms with E-state index >= 15 is 0 Å². The van der Waals surface area contributed by atoms with Crippen molar-refractivity contribution in [2.24, 2.45) is 25.9 Å². The summed E-state index contributed by atoms with van der Waals surface area (Å²) in [7, 11) is 3.42. The van der Waals surface area contributed by atoms with Crippen molar-refractivity contribution in [3.8, 4) is 0 Å². The molecular weight excluding hydrogens is 356 g/mol. The summed E-state index contributed by atoms with van der Waals surface area (Å²) in [6.45, 7) is 2.06. The number of imidazole rings is 1. The van der Waals surface area contributed by atoms with Crippen molar-refractivity contribution in [1.82, 2.24) is 9.13 Å². The lowest BCUT2D eigenvalue weighted by Crippen LogP contribution is -2.19. The summed E-state index contributed by atoms with van der Waals surface area (Å²) in [4.78, 5) is 36.5. The third-order valence-corrected chi connectivity index (χ3v) is 5.39. The second kappa shape index (κ2) is 6.67. The summed E-state index contributed by atoms with van der Waals surface area (Å²) in [6, 6.07) is 12.2. The summed E-state index contributed by atoms with van der Waals surface area (Å²) >= 11 is 0. The zero-order valence-corrected chi connectivity index (χ0v) is 16.0. The molecule has 0 saturated heterocycles. The summed E-state index contributed by atoms with van der Waals surface area (Å²) in [5.41, 5.74) is 3.21. The third-order valence-electron chi connectivity index (χ3n) is 5.39. The van der Waals surface area contributed by atoms with E-state index in [4.69, 9.17) is 0 Å². The van der Waals surface area contributed by atoms with E-state index in [0.717, 1.165) is 17.5 Å². The fourth-order valence-corrected chi connectivity index (χ4v) is 3.42. The molecule has 0 radical (unpaired) electrons. The number of nitrogens with one attached hydrogen (secondary N) is 2. The van der Waals surface area contributed by atoms with Gasteiger partial charge in [0, 0.05) is 37.0 Å². The number of rotatable bonds is 4. The SMILES string of the molecule is C[C@@H]1C[C@H]1C(=O)Nc1ccc(C(=O)Nc2ccc3c(c2)n(C)c(=O)n3C)cc1. The molecule has 2 amide bonds. The normalized spacial score (nSPS) is 18.1. The van der Waals surface area contributed by atoms with Gasteiger partial charge in [-0.2, -0.15) is 0 Å². The van der Waals surface area contributed by atoms with Crippen LogP contribution in [0.25, 0.3) is 11.0 Å². The second-order valence-electron chi connectivity index (χ2n) is 7.44. The number of carbonyl (C=O) groups excluding carboxylic acids is 2. The molecule has 3 aromatic rings. The van der Waals surface area contributed by atoms with Gasteiger partial charge in [0.05, 0.1) is 11.0 Å². The number of aryl methyl sites for hydroxylation is 2. The maximum absolute atomic E-state index is 12.5. The van der Waals surface area contributed by atoms with Gasteiger partial charge in [-0.1, -0.05) is 6.92 Å². The van der Waals surface area contributed by atoms with E-state index in [1.54, 1.807) is 59.6 Å². The van der Waals surface area contributed by atoms with Crippen molar-refractivity contribution in [3.05, 3.63) is 58.5 Å².